The number of ether oxygens (including phenoxy) is 3. The zero-order valence-corrected chi connectivity index (χ0v) is 33.5. The molecule has 18 heteroatoms. The molecule has 57 heavy (non-hydrogen) atoms. The molecule has 15 nitrogen and oxygen atoms in total. The van der Waals surface area contributed by atoms with Crippen LogP contribution in [0.3, 0.4) is 0 Å². The van der Waals surface area contributed by atoms with Gasteiger partial charge >= 0.3 is 0 Å². The van der Waals surface area contributed by atoms with E-state index in [-0.39, 0.29) is 61.9 Å². The molecule has 5 heterocycles. The van der Waals surface area contributed by atoms with E-state index in [2.05, 4.69) is 25.3 Å². The zero-order chi connectivity index (χ0) is 40.9. The molecule has 3 fully saturated rings. The molecule has 3 amide bonds. The number of rotatable bonds is 10. The Morgan fingerprint density at radius 3 is 2.63 bits per heavy atom. The third kappa shape index (κ3) is 8.06. The first kappa shape index (κ1) is 41.2. The molecule has 2 aromatic rings. The number of hydrogen-bond acceptors (Lipinski definition) is 12. The fourth-order valence-electron chi connectivity index (χ4n) is 8.21. The molecule has 7 rings (SSSR count). The van der Waals surface area contributed by atoms with Crippen molar-refractivity contribution in [1.82, 2.24) is 30.2 Å². The van der Waals surface area contributed by atoms with Gasteiger partial charge in [0.05, 0.1) is 41.6 Å². The molecular formula is C39H52F2N6O9S. The van der Waals surface area contributed by atoms with E-state index in [1.165, 1.54) is 18.1 Å². The SMILES string of the molecule is CC[C@H](C)OC(O)N[C@H]1CCCCC/C=C\[C@@H]2C[C@@]2(C(=O)NS(=O)(=O)C2(C)CC2)NC(=O)[C@@H]2C[C@]3(CCc4c(c(C(F)F)nc5ccc(OC)nc45)O3)CN2C1=O. The molecule has 2 aliphatic carbocycles. The smallest absolute Gasteiger partial charge is 0.284 e. The van der Waals surface area contributed by atoms with E-state index >= 15 is 0 Å². The lowest BCUT2D eigenvalue weighted by atomic mass is 9.88. The van der Waals surface area contributed by atoms with Crippen LogP contribution in [0.15, 0.2) is 24.3 Å². The van der Waals surface area contributed by atoms with Gasteiger partial charge in [-0.1, -0.05) is 31.9 Å². The van der Waals surface area contributed by atoms with Gasteiger partial charge in [-0.25, -0.2) is 27.2 Å². The number of carbonyl (C=O) groups excluding carboxylic acids is 3. The van der Waals surface area contributed by atoms with E-state index < -0.39 is 80.2 Å². The van der Waals surface area contributed by atoms with E-state index in [0.717, 1.165) is 12.8 Å². The van der Waals surface area contributed by atoms with Crippen LogP contribution in [-0.2, 0) is 35.6 Å². The number of allylic oxidation sites excluding steroid dienone is 1. The van der Waals surface area contributed by atoms with Crippen LogP contribution in [0.5, 0.6) is 11.6 Å². The number of amides is 3. The van der Waals surface area contributed by atoms with Crippen LogP contribution < -0.4 is 24.8 Å². The Labute approximate surface area is 330 Å². The van der Waals surface area contributed by atoms with Gasteiger partial charge in [0, 0.05) is 24.0 Å². The maximum absolute atomic E-state index is 14.7. The van der Waals surface area contributed by atoms with Crippen LogP contribution in [0.4, 0.5) is 8.78 Å². The van der Waals surface area contributed by atoms with Crippen LogP contribution in [0.1, 0.15) is 109 Å². The standard InChI is InChI=1S/C39H52F2N6O9S/c1-5-22(2)55-36(51)43-26-12-10-8-6-7-9-11-23-19-39(23,35(50)46-57(52,53)37(3)17-18-37)45-33(48)27-20-38(21-47(27)34(26)49)16-15-24-29-25(13-14-28(44-29)54-4)42-30(32(40)41)31(24)56-38/h9,11,13-14,22-23,26-27,32,36,43,51H,5-8,10,12,15-21H2,1-4H3,(H,45,48)(H,46,50)/b11-9-/t22-,23+,26-,27-,36?,38+,39+/m0/s1. The van der Waals surface area contributed by atoms with Crippen molar-refractivity contribution in [3.63, 3.8) is 0 Å². The highest BCUT2D eigenvalue weighted by Gasteiger charge is 2.64. The largest absolute Gasteiger partial charge is 0.483 e. The minimum absolute atomic E-state index is 0.135. The third-order valence-electron chi connectivity index (χ3n) is 12.3. The topological polar surface area (TPSA) is 198 Å². The summed E-state index contributed by atoms with van der Waals surface area (Å²) in [6.07, 6.45) is 3.71. The minimum Gasteiger partial charge on any atom is -0.483 e. The summed E-state index contributed by atoms with van der Waals surface area (Å²) < 4.78 is 74.4. The molecule has 0 aromatic carbocycles. The van der Waals surface area contributed by atoms with Gasteiger partial charge in [-0.15, -0.1) is 0 Å². The van der Waals surface area contributed by atoms with E-state index in [9.17, 15) is 36.7 Å². The second-order valence-corrected chi connectivity index (χ2v) is 18.6. The molecule has 4 N–H and O–H groups in total. The highest BCUT2D eigenvalue weighted by atomic mass is 32.2. The monoisotopic (exact) mass is 818 g/mol. The summed E-state index contributed by atoms with van der Waals surface area (Å²) in [5, 5.41) is 16.6. The summed E-state index contributed by atoms with van der Waals surface area (Å²) in [6.45, 7) is 5.04. The Kier molecular flexibility index (Phi) is 11.3. The number of hydrogen-bond donors (Lipinski definition) is 4. The molecule has 1 spiro atoms. The van der Waals surface area contributed by atoms with Gasteiger partial charge in [0.15, 0.2) is 5.75 Å². The number of methoxy groups -OCH3 is 1. The summed E-state index contributed by atoms with van der Waals surface area (Å²) >= 11 is 0. The molecule has 3 aliphatic heterocycles. The average molecular weight is 819 g/mol. The number of aliphatic hydroxyl groups is 1. The summed E-state index contributed by atoms with van der Waals surface area (Å²) in [5.74, 6) is -2.55. The van der Waals surface area contributed by atoms with Crippen molar-refractivity contribution in [2.75, 3.05) is 13.7 Å². The third-order valence-corrected chi connectivity index (χ3v) is 14.5. The maximum atomic E-state index is 14.7. The highest BCUT2D eigenvalue weighted by molar-refractivity contribution is 7.91. The number of fused-ring (bicyclic) bond motifs is 5. The molecular weight excluding hydrogens is 767 g/mol. The van der Waals surface area contributed by atoms with E-state index in [4.69, 9.17) is 14.2 Å². The fraction of sp³-hybridized carbons (Fsp3) is 0.667. The molecule has 2 saturated carbocycles. The van der Waals surface area contributed by atoms with Crippen LogP contribution >= 0.6 is 0 Å². The molecule has 1 unspecified atom stereocenters. The Morgan fingerprint density at radius 2 is 1.93 bits per heavy atom. The summed E-state index contributed by atoms with van der Waals surface area (Å²) in [5.41, 5.74) is -2.57. The fourth-order valence-corrected chi connectivity index (χ4v) is 9.52. The highest BCUT2D eigenvalue weighted by Crippen LogP contribution is 2.49. The average Bonchev–Trinajstić information content (AvgIpc) is 4.07. The molecule has 2 aromatic heterocycles. The molecule has 7 atom stereocenters. The lowest BCUT2D eigenvalue weighted by Gasteiger charge is -2.36. The second-order valence-electron chi connectivity index (χ2n) is 16.4. The number of pyridine rings is 2. The number of aliphatic hydroxyl groups excluding tert-OH is 1. The molecule has 0 radical (unpaired) electrons. The second kappa shape index (κ2) is 15.6. The quantitative estimate of drug-likeness (QED) is 0.201. The number of carbonyl (C=O) groups is 3. The van der Waals surface area contributed by atoms with Crippen LogP contribution in [0, 0.1) is 5.92 Å². The van der Waals surface area contributed by atoms with Gasteiger partial charge < -0.3 is 29.5 Å². The van der Waals surface area contributed by atoms with Crippen molar-refractivity contribution in [3.05, 3.63) is 35.5 Å². The molecule has 1 saturated heterocycles. The minimum atomic E-state index is -4.05. The first-order valence-electron chi connectivity index (χ1n) is 19.8. The van der Waals surface area contributed by atoms with E-state index in [0.29, 0.717) is 43.2 Å². The Balaban J connectivity index is 1.25. The van der Waals surface area contributed by atoms with E-state index in [1.54, 1.807) is 19.9 Å². The van der Waals surface area contributed by atoms with Crippen molar-refractivity contribution in [2.24, 2.45) is 5.92 Å². The van der Waals surface area contributed by atoms with Gasteiger partial charge in [0.1, 0.15) is 22.9 Å². The predicted octanol–water partition coefficient (Wildman–Crippen LogP) is 3.68. The van der Waals surface area contributed by atoms with Crippen molar-refractivity contribution >= 4 is 38.8 Å². The molecule has 312 valence electrons. The first-order chi connectivity index (χ1) is 27.0. The van der Waals surface area contributed by atoms with E-state index in [1.807, 2.05) is 19.1 Å². The van der Waals surface area contributed by atoms with Crippen LogP contribution in [0.2, 0.25) is 0 Å². The predicted molar refractivity (Wildman–Crippen MR) is 203 cm³/mol. The van der Waals surface area contributed by atoms with Gasteiger partial charge in [0.2, 0.25) is 34.1 Å². The molecule has 5 aliphatic rings. The summed E-state index contributed by atoms with van der Waals surface area (Å²) in [4.78, 5) is 53.3. The Morgan fingerprint density at radius 1 is 1.16 bits per heavy atom. The maximum Gasteiger partial charge on any atom is 0.284 e. The number of aromatic nitrogens is 2. The number of nitrogens with one attached hydrogen (secondary N) is 3. The lowest BCUT2D eigenvalue weighted by Crippen LogP contribution is -2.59. The number of halogens is 2. The van der Waals surface area contributed by atoms with Gasteiger partial charge in [-0.2, -0.15) is 0 Å². The van der Waals surface area contributed by atoms with Crippen molar-refractivity contribution in [2.45, 2.75) is 145 Å². The van der Waals surface area contributed by atoms with Gasteiger partial charge in [-0.05, 0) is 77.7 Å². The normalized spacial score (nSPS) is 30.2. The summed E-state index contributed by atoms with van der Waals surface area (Å²) in [7, 11) is -2.61. The van der Waals surface area contributed by atoms with Gasteiger partial charge in [0.25, 0.3) is 12.3 Å². The summed E-state index contributed by atoms with van der Waals surface area (Å²) in [6, 6.07) is 0.788. The molecule has 0 bridgehead atoms. The lowest BCUT2D eigenvalue weighted by molar-refractivity contribution is -0.163. The number of aryl methyl sites for hydroxylation is 1. The first-order valence-corrected chi connectivity index (χ1v) is 21.3. The van der Waals surface area contributed by atoms with Crippen molar-refractivity contribution in [3.8, 4) is 11.6 Å². The Hall–Kier alpha value is -4.00. The Bertz CT molecular complexity index is 2050. The van der Waals surface area contributed by atoms with Crippen LogP contribution in [0.25, 0.3) is 11.0 Å². The van der Waals surface area contributed by atoms with Crippen LogP contribution in [-0.4, -0.2) is 100 Å². The van der Waals surface area contributed by atoms with Crippen molar-refractivity contribution < 1.29 is 50.9 Å². The number of alkyl halides is 2. The van der Waals surface area contributed by atoms with Gasteiger partial charge in [-0.3, -0.25) is 24.4 Å². The number of nitrogens with zero attached hydrogens (tertiary/aromatic N) is 3. The van der Waals surface area contributed by atoms with Crippen molar-refractivity contribution in [1.29, 1.82) is 0 Å². The zero-order valence-electron chi connectivity index (χ0n) is 32.7. The number of sulfonamides is 1.